The van der Waals surface area contributed by atoms with E-state index in [1.807, 2.05) is 6.07 Å². The van der Waals surface area contributed by atoms with Gasteiger partial charge in [-0.2, -0.15) is 0 Å². The lowest BCUT2D eigenvalue weighted by molar-refractivity contribution is -0.198. The van der Waals surface area contributed by atoms with Crippen LogP contribution in [0.25, 0.3) is 0 Å². The molecule has 2 aliphatic heterocycles. The lowest BCUT2D eigenvalue weighted by atomic mass is 9.53. The molecule has 4 nitrogen and oxygen atoms in total. The number of ether oxygens (including phenoxy) is 2. The molecule has 0 unspecified atom stereocenters. The zero-order valence-electron chi connectivity index (χ0n) is 13.2. The summed E-state index contributed by atoms with van der Waals surface area (Å²) in [6.45, 7) is 2.28. The number of fused-ring (bicyclic) bond motifs is 1. The largest absolute Gasteiger partial charge is 0.497 e. The van der Waals surface area contributed by atoms with Crippen LogP contribution in [0.1, 0.15) is 24.0 Å². The van der Waals surface area contributed by atoms with Gasteiger partial charge in [-0.25, -0.2) is 0 Å². The topological polar surface area (TPSA) is 41.9 Å². The molecule has 1 aromatic carbocycles. The summed E-state index contributed by atoms with van der Waals surface area (Å²) < 4.78 is 11.2. The van der Waals surface area contributed by atoms with Crippen molar-refractivity contribution in [2.75, 3.05) is 33.9 Å². The Labute approximate surface area is 137 Å². The monoisotopic (exact) mass is 325 g/mol. The van der Waals surface area contributed by atoms with Crippen molar-refractivity contribution in [3.8, 4) is 5.75 Å². The summed E-state index contributed by atoms with van der Waals surface area (Å²) in [5.74, 6) is 0.869. The molecular weight excluding hydrogens is 302 g/mol. The van der Waals surface area contributed by atoms with Crippen LogP contribution in [0.5, 0.6) is 5.75 Å². The maximum absolute atomic E-state index is 11.6. The molecule has 2 saturated heterocycles. The van der Waals surface area contributed by atoms with Gasteiger partial charge in [-0.15, -0.1) is 12.4 Å². The number of hydrogen-bond acceptors (Lipinski definition) is 4. The average molecular weight is 326 g/mol. The lowest BCUT2D eigenvalue weighted by Crippen LogP contribution is -2.73. The fraction of sp³-hybridized carbons (Fsp3) is 0.647. The molecule has 5 heteroatoms. The van der Waals surface area contributed by atoms with Gasteiger partial charge in [-0.3, -0.25) is 0 Å². The highest BCUT2D eigenvalue weighted by Crippen LogP contribution is 2.54. The Bertz CT molecular complexity index is 581. The van der Waals surface area contributed by atoms with Gasteiger partial charge in [0.25, 0.3) is 0 Å². The first-order chi connectivity index (χ1) is 10.1. The number of methoxy groups -OCH3 is 1. The van der Waals surface area contributed by atoms with E-state index in [0.29, 0.717) is 13.2 Å². The van der Waals surface area contributed by atoms with Gasteiger partial charge in [0.2, 0.25) is 0 Å². The third-order valence-corrected chi connectivity index (χ3v) is 6.03. The van der Waals surface area contributed by atoms with E-state index in [1.165, 1.54) is 11.1 Å². The summed E-state index contributed by atoms with van der Waals surface area (Å²) in [5.41, 5.74) is 1.62. The Morgan fingerprint density at radius 3 is 2.95 bits per heavy atom. The molecule has 122 valence electrons. The van der Waals surface area contributed by atoms with Gasteiger partial charge in [0, 0.05) is 19.1 Å². The van der Waals surface area contributed by atoms with Crippen molar-refractivity contribution >= 4 is 12.4 Å². The van der Waals surface area contributed by atoms with Crippen LogP contribution < -0.4 is 4.74 Å². The molecule has 0 aromatic heterocycles. The van der Waals surface area contributed by atoms with Crippen molar-refractivity contribution in [3.63, 3.8) is 0 Å². The van der Waals surface area contributed by atoms with E-state index >= 15 is 0 Å². The van der Waals surface area contributed by atoms with Gasteiger partial charge in [-0.1, -0.05) is 6.07 Å². The number of piperidine rings is 1. The van der Waals surface area contributed by atoms with Gasteiger partial charge in [0.15, 0.2) is 0 Å². The average Bonchev–Trinajstić information content (AvgIpc) is 2.50. The highest BCUT2D eigenvalue weighted by molar-refractivity contribution is 5.85. The van der Waals surface area contributed by atoms with Gasteiger partial charge < -0.3 is 19.5 Å². The van der Waals surface area contributed by atoms with Gasteiger partial charge >= 0.3 is 0 Å². The van der Waals surface area contributed by atoms with Crippen LogP contribution in [0.4, 0.5) is 0 Å². The number of benzene rings is 1. The molecular formula is C17H24ClNO3. The predicted octanol–water partition coefficient (Wildman–Crippen LogP) is 1.77. The molecule has 0 radical (unpaired) electrons. The van der Waals surface area contributed by atoms with E-state index in [1.54, 1.807) is 7.11 Å². The van der Waals surface area contributed by atoms with Crippen molar-refractivity contribution in [2.24, 2.45) is 0 Å². The van der Waals surface area contributed by atoms with Crippen molar-refractivity contribution in [3.05, 3.63) is 29.3 Å². The summed E-state index contributed by atoms with van der Waals surface area (Å²) in [5, 5.41) is 11.6. The fourth-order valence-electron chi connectivity index (χ4n) is 4.78. The molecule has 22 heavy (non-hydrogen) atoms. The molecule has 2 heterocycles. The number of halogens is 1. The zero-order chi connectivity index (χ0) is 14.7. The molecule has 0 amide bonds. The van der Waals surface area contributed by atoms with Crippen LogP contribution >= 0.6 is 12.4 Å². The molecule has 1 aliphatic carbocycles. The van der Waals surface area contributed by atoms with E-state index in [2.05, 4.69) is 24.1 Å². The number of hydrogen-bond donors (Lipinski definition) is 1. The summed E-state index contributed by atoms with van der Waals surface area (Å²) in [6.07, 6.45) is 2.57. The highest BCUT2D eigenvalue weighted by Gasteiger charge is 2.63. The minimum absolute atomic E-state index is 0. The Morgan fingerprint density at radius 1 is 1.36 bits per heavy atom. The molecule has 4 rings (SSSR count). The van der Waals surface area contributed by atoms with Crippen LogP contribution in [0.2, 0.25) is 0 Å². The quantitative estimate of drug-likeness (QED) is 0.854. The van der Waals surface area contributed by atoms with Crippen molar-refractivity contribution in [1.29, 1.82) is 0 Å². The number of rotatable bonds is 1. The number of aliphatic hydroxyl groups is 1. The van der Waals surface area contributed by atoms with Gasteiger partial charge in [-0.05, 0) is 49.7 Å². The molecule has 2 fully saturated rings. The van der Waals surface area contributed by atoms with Crippen molar-refractivity contribution in [1.82, 2.24) is 4.90 Å². The van der Waals surface area contributed by atoms with E-state index in [9.17, 15) is 5.11 Å². The van der Waals surface area contributed by atoms with E-state index in [4.69, 9.17) is 9.47 Å². The summed E-state index contributed by atoms with van der Waals surface area (Å²) in [7, 11) is 3.83. The number of nitrogens with zero attached hydrogens (tertiary/aromatic N) is 1. The minimum atomic E-state index is -0.683. The Balaban J connectivity index is 0.00000144. The first-order valence-electron chi connectivity index (χ1n) is 7.78. The van der Waals surface area contributed by atoms with E-state index in [-0.39, 0.29) is 23.9 Å². The Hall–Kier alpha value is -0.810. The van der Waals surface area contributed by atoms with Crippen LogP contribution in [0.3, 0.4) is 0 Å². The third-order valence-electron chi connectivity index (χ3n) is 6.03. The molecule has 3 atom stereocenters. The molecule has 0 saturated carbocycles. The second-order valence-electron chi connectivity index (χ2n) is 6.78. The molecule has 1 N–H and O–H groups in total. The maximum atomic E-state index is 11.6. The smallest absolute Gasteiger partial charge is 0.119 e. The van der Waals surface area contributed by atoms with Crippen molar-refractivity contribution in [2.45, 2.75) is 36.3 Å². The second-order valence-corrected chi connectivity index (χ2v) is 6.78. The first kappa shape index (κ1) is 16.1. The summed E-state index contributed by atoms with van der Waals surface area (Å²) >= 11 is 0. The second kappa shape index (κ2) is 5.38. The third kappa shape index (κ3) is 1.88. The molecule has 3 aliphatic rings. The Kier molecular flexibility index (Phi) is 3.92. The van der Waals surface area contributed by atoms with Crippen molar-refractivity contribution < 1.29 is 14.6 Å². The first-order valence-corrected chi connectivity index (χ1v) is 7.78. The lowest BCUT2D eigenvalue weighted by Gasteiger charge is -2.62. The Morgan fingerprint density at radius 2 is 2.18 bits per heavy atom. The van der Waals surface area contributed by atoms with Gasteiger partial charge in [0.05, 0.1) is 24.7 Å². The highest BCUT2D eigenvalue weighted by atomic mass is 35.5. The summed E-state index contributed by atoms with van der Waals surface area (Å²) in [4.78, 5) is 2.33. The number of likely N-dealkylation sites (N-methyl/N-ethyl adjacent to an activating group) is 1. The van der Waals surface area contributed by atoms with Crippen LogP contribution in [-0.4, -0.2) is 55.6 Å². The maximum Gasteiger partial charge on any atom is 0.119 e. The predicted molar refractivity (Wildman–Crippen MR) is 87.0 cm³/mol. The van der Waals surface area contributed by atoms with Crippen LogP contribution in [0, 0.1) is 0 Å². The standard InChI is InChI=1S/C17H23NO3.ClH/c1-18-7-5-16-11-21-8-6-17(16,19)15(18)9-12-3-4-13(20-2)10-14(12)16;/h3-4,10,15,19H,5-9,11H2,1-2H3;1H/t15-,16-,17-;/m1./s1. The SMILES string of the molecule is COc1ccc2c(c1)[C@]13CCN(C)[C@H](C2)[C@]1(O)CCOC3.Cl. The molecule has 0 spiro atoms. The van der Waals surface area contributed by atoms with Crippen LogP contribution in [0.15, 0.2) is 18.2 Å². The fourth-order valence-corrected chi connectivity index (χ4v) is 4.78. The number of likely N-dealkylation sites (tertiary alicyclic amines) is 1. The zero-order valence-corrected chi connectivity index (χ0v) is 14.0. The normalized spacial score (nSPS) is 36.8. The van der Waals surface area contributed by atoms with E-state index < -0.39 is 5.60 Å². The van der Waals surface area contributed by atoms with E-state index in [0.717, 1.165) is 31.6 Å². The summed E-state index contributed by atoms with van der Waals surface area (Å²) in [6, 6.07) is 6.50. The van der Waals surface area contributed by atoms with Crippen LogP contribution in [-0.2, 0) is 16.6 Å². The van der Waals surface area contributed by atoms with Gasteiger partial charge in [0.1, 0.15) is 5.75 Å². The molecule has 2 bridgehead atoms. The molecule has 1 aromatic rings. The minimum Gasteiger partial charge on any atom is -0.497 e.